The van der Waals surface area contributed by atoms with Crippen LogP contribution in [-0.4, -0.2) is 45.1 Å². The van der Waals surface area contributed by atoms with Crippen molar-refractivity contribution in [2.24, 2.45) is 10.7 Å². The number of halogens is 1. The summed E-state index contributed by atoms with van der Waals surface area (Å²) in [7, 11) is -1.70. The minimum Gasteiger partial charge on any atom is -0.493 e. The van der Waals surface area contributed by atoms with Crippen molar-refractivity contribution >= 4 is 26.4 Å². The zero-order valence-electron chi connectivity index (χ0n) is 17.7. The second-order valence-corrected chi connectivity index (χ2v) is 14.3. The maximum absolute atomic E-state index is 14.9. The maximum atomic E-state index is 14.9. The lowest BCUT2D eigenvalue weighted by molar-refractivity contribution is 0.415. The minimum absolute atomic E-state index is 0.200. The third-order valence-electron chi connectivity index (χ3n) is 6.07. The number of pyridine rings is 1. The van der Waals surface area contributed by atoms with Crippen molar-refractivity contribution in [3.05, 3.63) is 47.9 Å². The average Bonchev–Trinajstić information content (AvgIpc) is 2.61. The van der Waals surface area contributed by atoms with Gasteiger partial charge in [0.15, 0.2) is 11.6 Å². The molecule has 1 aliphatic rings. The predicted octanol–water partition coefficient (Wildman–Crippen LogP) is 3.42. The molecule has 0 radical (unpaired) electrons. The van der Waals surface area contributed by atoms with Crippen molar-refractivity contribution < 1.29 is 13.3 Å². The van der Waals surface area contributed by atoms with Gasteiger partial charge in [-0.05, 0) is 63.6 Å². The molecule has 158 valence electrons. The van der Waals surface area contributed by atoms with Crippen LogP contribution in [0.25, 0.3) is 0 Å². The van der Waals surface area contributed by atoms with E-state index >= 15 is 0 Å². The normalized spacial score (nSPS) is 25.9. The third-order valence-corrected chi connectivity index (χ3v) is 10.9. The van der Waals surface area contributed by atoms with E-state index in [4.69, 9.17) is 10.5 Å². The average molecular weight is 421 g/mol. The molecule has 0 fully saturated rings. The van der Waals surface area contributed by atoms with Crippen molar-refractivity contribution in [2.45, 2.75) is 31.1 Å². The number of aromatic nitrogens is 1. The standard InChI is InChI=1S/C21H29FN4O2S/c1-20(2)19(23)26-21(3,13-29(20,5,6)27)15-12-14(9-10-16(15)22)25-18-17(28-4)8-7-11-24-18/h7-12H,13H2,1-6H3,(H2,23,26)(H,24,25)/t21-/m0/s1. The number of ether oxygens (including phenoxy) is 1. The Morgan fingerprint density at radius 1 is 1.24 bits per heavy atom. The van der Waals surface area contributed by atoms with E-state index in [0.717, 1.165) is 0 Å². The number of nitrogens with one attached hydrogen (secondary N) is 1. The zero-order valence-corrected chi connectivity index (χ0v) is 18.6. The zero-order chi connectivity index (χ0) is 21.7. The molecule has 6 nitrogen and oxygen atoms in total. The summed E-state index contributed by atoms with van der Waals surface area (Å²) in [5, 5.41) is 3.15. The summed E-state index contributed by atoms with van der Waals surface area (Å²) < 4.78 is 33.4. The highest BCUT2D eigenvalue weighted by Gasteiger charge is 2.54. The van der Waals surface area contributed by atoms with E-state index in [1.54, 1.807) is 57.0 Å². The van der Waals surface area contributed by atoms with Crippen molar-refractivity contribution in [3.63, 3.8) is 0 Å². The molecule has 0 bridgehead atoms. The van der Waals surface area contributed by atoms with Gasteiger partial charge in [-0.1, -0.05) is 9.07 Å². The van der Waals surface area contributed by atoms with Gasteiger partial charge in [-0.3, -0.25) is 9.20 Å². The Balaban J connectivity index is 2.09. The Kier molecular flexibility index (Phi) is 4.77. The number of methoxy groups -OCH3 is 1. The van der Waals surface area contributed by atoms with Gasteiger partial charge in [-0.15, -0.1) is 0 Å². The van der Waals surface area contributed by atoms with Crippen LogP contribution in [0.1, 0.15) is 26.3 Å². The van der Waals surface area contributed by atoms with E-state index in [1.165, 1.54) is 6.07 Å². The number of benzene rings is 1. The second kappa shape index (κ2) is 6.52. The molecular weight excluding hydrogens is 391 g/mol. The van der Waals surface area contributed by atoms with Gasteiger partial charge in [0.1, 0.15) is 11.7 Å². The highest BCUT2D eigenvalue weighted by atomic mass is 32.3. The minimum atomic E-state index is -3.25. The van der Waals surface area contributed by atoms with Crippen LogP contribution >= 0.6 is 0 Å². The van der Waals surface area contributed by atoms with Crippen molar-refractivity contribution in [1.82, 2.24) is 4.98 Å². The number of anilines is 2. The molecule has 0 aliphatic carbocycles. The summed E-state index contributed by atoms with van der Waals surface area (Å²) in [6.45, 7) is 5.45. The first kappa shape index (κ1) is 21.2. The number of amidine groups is 1. The molecule has 3 rings (SSSR count). The Labute approximate surface area is 171 Å². The highest BCUT2D eigenvalue weighted by molar-refractivity contribution is 8.20. The topological polar surface area (TPSA) is 89.6 Å². The van der Waals surface area contributed by atoms with Crippen LogP contribution in [-0.2, 0) is 14.6 Å². The summed E-state index contributed by atoms with van der Waals surface area (Å²) in [5.41, 5.74) is 6.15. The monoisotopic (exact) mass is 420 g/mol. The van der Waals surface area contributed by atoms with Crippen molar-refractivity contribution in [3.8, 4) is 5.75 Å². The van der Waals surface area contributed by atoms with Crippen LogP contribution in [0.15, 0.2) is 41.5 Å². The molecule has 1 aromatic carbocycles. The molecule has 0 saturated heterocycles. The van der Waals surface area contributed by atoms with Crippen LogP contribution in [0.5, 0.6) is 5.75 Å². The lowest BCUT2D eigenvalue weighted by Gasteiger charge is -2.55. The Bertz CT molecular complexity index is 1060. The highest BCUT2D eigenvalue weighted by Crippen LogP contribution is 2.47. The first-order valence-electron chi connectivity index (χ1n) is 9.29. The van der Waals surface area contributed by atoms with Crippen LogP contribution in [0.4, 0.5) is 15.9 Å². The molecule has 0 saturated carbocycles. The van der Waals surface area contributed by atoms with E-state index in [2.05, 4.69) is 15.3 Å². The van der Waals surface area contributed by atoms with Gasteiger partial charge in [0.25, 0.3) is 0 Å². The summed E-state index contributed by atoms with van der Waals surface area (Å²) in [5.74, 6) is 1.13. The van der Waals surface area contributed by atoms with E-state index in [1.807, 2.05) is 13.8 Å². The smallest absolute Gasteiger partial charge is 0.173 e. The summed E-state index contributed by atoms with van der Waals surface area (Å²) >= 11 is 0. The van der Waals surface area contributed by atoms with Crippen LogP contribution < -0.4 is 15.8 Å². The van der Waals surface area contributed by atoms with Gasteiger partial charge in [0.2, 0.25) is 0 Å². The first-order valence-corrected chi connectivity index (χ1v) is 12.2. The summed E-state index contributed by atoms with van der Waals surface area (Å²) in [6, 6.07) is 8.20. The van der Waals surface area contributed by atoms with Crippen LogP contribution in [0.3, 0.4) is 0 Å². The third kappa shape index (κ3) is 3.50. The fourth-order valence-electron chi connectivity index (χ4n) is 3.70. The molecule has 8 heteroatoms. The predicted molar refractivity (Wildman–Crippen MR) is 118 cm³/mol. The molecule has 3 N–H and O–H groups in total. The molecule has 0 unspecified atom stereocenters. The summed E-state index contributed by atoms with van der Waals surface area (Å²) in [4.78, 5) is 8.90. The number of rotatable bonds is 4. The number of nitrogens with two attached hydrogens (primary N) is 1. The van der Waals surface area contributed by atoms with Crippen molar-refractivity contribution in [2.75, 3.05) is 30.7 Å². The van der Waals surface area contributed by atoms with E-state index < -0.39 is 25.2 Å². The second-order valence-electron chi connectivity index (χ2n) is 8.87. The summed E-state index contributed by atoms with van der Waals surface area (Å²) in [6.07, 6.45) is 5.10. The van der Waals surface area contributed by atoms with Crippen molar-refractivity contribution in [1.29, 1.82) is 0 Å². The fraction of sp³-hybridized carbons (Fsp3) is 0.429. The lowest BCUT2D eigenvalue weighted by Crippen LogP contribution is -2.66. The molecule has 2 aromatic rings. The molecule has 29 heavy (non-hydrogen) atoms. The molecule has 1 aliphatic heterocycles. The lowest BCUT2D eigenvalue weighted by atomic mass is 9.92. The van der Waals surface area contributed by atoms with E-state index in [9.17, 15) is 8.60 Å². The van der Waals surface area contributed by atoms with Gasteiger partial charge in [0.05, 0.1) is 17.4 Å². The van der Waals surface area contributed by atoms with Gasteiger partial charge >= 0.3 is 0 Å². The van der Waals surface area contributed by atoms with E-state index in [0.29, 0.717) is 22.8 Å². The Hall–Kier alpha value is -2.48. The van der Waals surface area contributed by atoms with Gasteiger partial charge in [0, 0.05) is 23.2 Å². The van der Waals surface area contributed by atoms with Gasteiger partial charge < -0.3 is 15.8 Å². The Morgan fingerprint density at radius 2 is 1.93 bits per heavy atom. The molecule has 0 spiro atoms. The van der Waals surface area contributed by atoms with Gasteiger partial charge in [-0.2, -0.15) is 0 Å². The maximum Gasteiger partial charge on any atom is 0.173 e. The van der Waals surface area contributed by atoms with E-state index in [-0.39, 0.29) is 11.6 Å². The van der Waals surface area contributed by atoms with Crippen LogP contribution in [0, 0.1) is 5.82 Å². The largest absolute Gasteiger partial charge is 0.493 e. The first-order chi connectivity index (χ1) is 13.3. The van der Waals surface area contributed by atoms with Gasteiger partial charge in [-0.25, -0.2) is 9.37 Å². The van der Waals surface area contributed by atoms with Crippen LogP contribution in [0.2, 0.25) is 0 Å². The number of hydrogen-bond donors (Lipinski definition) is 2. The number of hydrogen-bond acceptors (Lipinski definition) is 6. The molecule has 2 heterocycles. The molecule has 0 amide bonds. The molecule has 1 atom stereocenters. The fourth-order valence-corrected chi connectivity index (χ4v) is 6.61. The molecular formula is C21H29FN4O2S. The molecule has 1 aromatic heterocycles. The SMILES string of the molecule is COc1cccnc1Nc1ccc(F)c([C@]2(C)CS(C)(C)(=O)C(C)(C)C(N)=N2)c1. The number of nitrogens with zero attached hydrogens (tertiary/aromatic N) is 2. The Morgan fingerprint density at radius 3 is 2.55 bits per heavy atom. The quantitative estimate of drug-likeness (QED) is 0.791. The number of aliphatic imine (C=N–C) groups is 1.